The molecule has 0 fully saturated rings. The summed E-state index contributed by atoms with van der Waals surface area (Å²) in [4.78, 5) is 15.1. The molecule has 1 aromatic heterocycles. The highest BCUT2D eigenvalue weighted by molar-refractivity contribution is 6.31. The van der Waals surface area contributed by atoms with E-state index in [0.717, 1.165) is 0 Å². The molecule has 0 radical (unpaired) electrons. The molecule has 7 heteroatoms. The lowest BCUT2D eigenvalue weighted by Crippen LogP contribution is -2.14. The predicted octanol–water partition coefficient (Wildman–Crippen LogP) is 2.30. The Labute approximate surface area is 113 Å². The van der Waals surface area contributed by atoms with E-state index in [0.29, 0.717) is 11.5 Å². The number of nitrogens with two attached hydrogens (primary N) is 2. The van der Waals surface area contributed by atoms with E-state index in [2.05, 4.69) is 10.3 Å². The molecule has 0 unspecified atom stereocenters. The molecule has 0 bridgehead atoms. The van der Waals surface area contributed by atoms with Crippen molar-refractivity contribution in [2.45, 2.75) is 0 Å². The number of hydrogen-bond acceptors (Lipinski definition) is 4. The second-order valence-electron chi connectivity index (χ2n) is 3.77. The van der Waals surface area contributed by atoms with Gasteiger partial charge >= 0.3 is 0 Å². The number of rotatable bonds is 3. The van der Waals surface area contributed by atoms with Crippen molar-refractivity contribution < 1.29 is 9.18 Å². The molecule has 0 saturated heterocycles. The van der Waals surface area contributed by atoms with Gasteiger partial charge in [-0.2, -0.15) is 0 Å². The molecule has 5 N–H and O–H groups in total. The molecule has 0 aliphatic carbocycles. The second kappa shape index (κ2) is 5.11. The van der Waals surface area contributed by atoms with Crippen molar-refractivity contribution in [3.63, 3.8) is 0 Å². The summed E-state index contributed by atoms with van der Waals surface area (Å²) in [5, 5.41) is 2.85. The van der Waals surface area contributed by atoms with Crippen LogP contribution in [0, 0.1) is 5.82 Å². The zero-order valence-electron chi connectivity index (χ0n) is 9.65. The first-order valence-corrected chi connectivity index (χ1v) is 5.62. The highest BCUT2D eigenvalue weighted by atomic mass is 35.5. The van der Waals surface area contributed by atoms with Gasteiger partial charge in [0.05, 0.1) is 22.5 Å². The van der Waals surface area contributed by atoms with Crippen molar-refractivity contribution >= 4 is 34.7 Å². The largest absolute Gasteiger partial charge is 0.397 e. The molecule has 2 rings (SSSR count). The number of nitrogens with one attached hydrogen (secondary N) is 1. The van der Waals surface area contributed by atoms with E-state index in [1.807, 2.05) is 0 Å². The maximum absolute atomic E-state index is 13.0. The van der Waals surface area contributed by atoms with Gasteiger partial charge in [-0.3, -0.25) is 4.79 Å². The Morgan fingerprint density at radius 3 is 2.74 bits per heavy atom. The number of amides is 1. The van der Waals surface area contributed by atoms with Crippen molar-refractivity contribution in [3.8, 4) is 0 Å². The third-order valence-electron chi connectivity index (χ3n) is 2.39. The van der Waals surface area contributed by atoms with Gasteiger partial charge in [0.2, 0.25) is 0 Å². The van der Waals surface area contributed by atoms with Crippen LogP contribution in [-0.2, 0) is 0 Å². The van der Waals surface area contributed by atoms with Crippen LogP contribution in [0.1, 0.15) is 10.4 Å². The van der Waals surface area contributed by atoms with E-state index in [1.165, 1.54) is 30.5 Å². The Kier molecular flexibility index (Phi) is 3.52. The third-order valence-corrected chi connectivity index (χ3v) is 2.68. The van der Waals surface area contributed by atoms with Gasteiger partial charge in [-0.15, -0.1) is 0 Å². The maximum Gasteiger partial charge on any atom is 0.250 e. The van der Waals surface area contributed by atoms with Crippen LogP contribution in [-0.4, -0.2) is 10.9 Å². The van der Waals surface area contributed by atoms with Crippen LogP contribution in [0.3, 0.4) is 0 Å². The Hall–Kier alpha value is -2.34. The minimum atomic E-state index is -0.653. The summed E-state index contributed by atoms with van der Waals surface area (Å²) in [6.45, 7) is 0. The van der Waals surface area contributed by atoms with E-state index in [4.69, 9.17) is 23.1 Å². The van der Waals surface area contributed by atoms with Crippen molar-refractivity contribution in [3.05, 3.63) is 46.9 Å². The number of aromatic nitrogens is 1. The topological polar surface area (TPSA) is 94.0 Å². The van der Waals surface area contributed by atoms with Gasteiger partial charge in [-0.05, 0) is 24.3 Å². The number of primary amides is 1. The predicted molar refractivity (Wildman–Crippen MR) is 71.9 cm³/mol. The fourth-order valence-corrected chi connectivity index (χ4v) is 1.65. The Morgan fingerprint density at radius 2 is 2.11 bits per heavy atom. The highest BCUT2D eigenvalue weighted by Crippen LogP contribution is 2.23. The number of carbonyl (C=O) groups excluding carboxylic acids is 1. The first-order chi connectivity index (χ1) is 8.97. The Morgan fingerprint density at radius 1 is 1.37 bits per heavy atom. The molecular weight excluding hydrogens is 271 g/mol. The zero-order chi connectivity index (χ0) is 14.0. The van der Waals surface area contributed by atoms with Crippen molar-refractivity contribution in [1.29, 1.82) is 0 Å². The van der Waals surface area contributed by atoms with Crippen LogP contribution in [0.25, 0.3) is 0 Å². The Balaban J connectivity index is 2.30. The molecule has 98 valence electrons. The third kappa shape index (κ3) is 2.92. The van der Waals surface area contributed by atoms with Crippen LogP contribution in [0.5, 0.6) is 0 Å². The monoisotopic (exact) mass is 280 g/mol. The van der Waals surface area contributed by atoms with E-state index in [9.17, 15) is 9.18 Å². The number of carbonyl (C=O) groups is 1. The summed E-state index contributed by atoms with van der Waals surface area (Å²) in [7, 11) is 0. The molecule has 0 aliphatic rings. The van der Waals surface area contributed by atoms with Gasteiger partial charge in [-0.25, -0.2) is 9.37 Å². The van der Waals surface area contributed by atoms with Gasteiger partial charge in [0.15, 0.2) is 0 Å². The second-order valence-corrected chi connectivity index (χ2v) is 4.18. The average Bonchev–Trinajstić information content (AvgIpc) is 2.36. The van der Waals surface area contributed by atoms with Crippen LogP contribution < -0.4 is 16.8 Å². The van der Waals surface area contributed by atoms with E-state index >= 15 is 0 Å². The lowest BCUT2D eigenvalue weighted by molar-refractivity contribution is 0.100. The molecule has 2 aromatic rings. The summed E-state index contributed by atoms with van der Waals surface area (Å²) in [6, 6.07) is 5.52. The number of halogens is 2. The number of benzene rings is 1. The highest BCUT2D eigenvalue weighted by Gasteiger charge is 2.08. The minimum Gasteiger partial charge on any atom is -0.397 e. The van der Waals surface area contributed by atoms with Crippen LogP contribution in [0.15, 0.2) is 30.5 Å². The number of pyridine rings is 1. The number of hydrogen-bond donors (Lipinski definition) is 3. The molecule has 1 heterocycles. The quantitative estimate of drug-likeness (QED) is 0.804. The molecule has 0 aliphatic heterocycles. The average molecular weight is 281 g/mol. The van der Waals surface area contributed by atoms with Gasteiger partial charge in [0.25, 0.3) is 5.91 Å². The summed E-state index contributed by atoms with van der Waals surface area (Å²) >= 11 is 5.66. The van der Waals surface area contributed by atoms with Crippen molar-refractivity contribution in [2.75, 3.05) is 11.1 Å². The van der Waals surface area contributed by atoms with Gasteiger partial charge in [-0.1, -0.05) is 11.6 Å². The fraction of sp³-hybridized carbons (Fsp3) is 0. The smallest absolute Gasteiger partial charge is 0.250 e. The van der Waals surface area contributed by atoms with Crippen LogP contribution in [0.4, 0.5) is 21.6 Å². The lowest BCUT2D eigenvalue weighted by Gasteiger charge is -2.08. The molecular formula is C12H10ClFN4O. The first kappa shape index (κ1) is 13.1. The van der Waals surface area contributed by atoms with Crippen LogP contribution >= 0.6 is 11.6 Å². The lowest BCUT2D eigenvalue weighted by atomic mass is 10.2. The van der Waals surface area contributed by atoms with Crippen molar-refractivity contribution in [2.24, 2.45) is 5.73 Å². The molecule has 5 nitrogen and oxygen atoms in total. The molecule has 19 heavy (non-hydrogen) atoms. The summed E-state index contributed by atoms with van der Waals surface area (Å²) in [5.74, 6) is -0.818. The molecule has 0 saturated carbocycles. The standard InChI is InChI=1S/C12H10ClFN4O/c13-8-3-6(1-2-9(8)14)18-11-4-7(12(16)19)10(15)5-17-11/h1-5H,15H2,(H2,16,19)(H,17,18). The molecule has 0 spiro atoms. The maximum atomic E-state index is 13.0. The van der Waals surface area contributed by atoms with Crippen LogP contribution in [0.2, 0.25) is 5.02 Å². The summed E-state index contributed by atoms with van der Waals surface area (Å²) in [6.07, 6.45) is 1.31. The first-order valence-electron chi connectivity index (χ1n) is 5.25. The van der Waals surface area contributed by atoms with E-state index in [1.54, 1.807) is 0 Å². The van der Waals surface area contributed by atoms with Crippen molar-refractivity contribution in [1.82, 2.24) is 4.98 Å². The minimum absolute atomic E-state index is 0.0180. The normalized spacial score (nSPS) is 10.2. The SMILES string of the molecule is NC(=O)c1cc(Nc2ccc(F)c(Cl)c2)ncc1N. The number of nitrogens with zero attached hydrogens (tertiary/aromatic N) is 1. The molecule has 1 amide bonds. The Bertz CT molecular complexity index is 648. The molecule has 0 atom stereocenters. The van der Waals surface area contributed by atoms with Gasteiger partial charge < -0.3 is 16.8 Å². The summed E-state index contributed by atoms with van der Waals surface area (Å²) in [5.41, 5.74) is 11.6. The van der Waals surface area contributed by atoms with Gasteiger partial charge in [0, 0.05) is 5.69 Å². The molecule has 1 aromatic carbocycles. The number of nitrogen functional groups attached to an aromatic ring is 1. The summed E-state index contributed by atoms with van der Waals surface area (Å²) < 4.78 is 13.0. The van der Waals surface area contributed by atoms with E-state index < -0.39 is 11.7 Å². The van der Waals surface area contributed by atoms with E-state index in [-0.39, 0.29) is 16.3 Å². The van der Waals surface area contributed by atoms with Gasteiger partial charge in [0.1, 0.15) is 11.6 Å². The number of anilines is 3. The fourth-order valence-electron chi connectivity index (χ4n) is 1.47. The zero-order valence-corrected chi connectivity index (χ0v) is 10.4.